The highest BCUT2D eigenvalue weighted by Crippen LogP contribution is 2.45. The Hall–Kier alpha value is -1.22. The number of esters is 1. The van der Waals surface area contributed by atoms with Crippen LogP contribution in [0, 0.1) is 5.92 Å². The van der Waals surface area contributed by atoms with E-state index >= 15 is 0 Å². The molecule has 0 aromatic heterocycles. The molecule has 1 aliphatic carbocycles. The Kier molecular flexibility index (Phi) is 5.30. The minimum atomic E-state index is -0.108. The normalized spacial score (nSPS) is 15.9. The molecule has 3 nitrogen and oxygen atoms in total. The van der Waals surface area contributed by atoms with E-state index in [1.54, 1.807) is 0 Å². The molecule has 0 spiro atoms. The van der Waals surface area contributed by atoms with Crippen LogP contribution in [0.25, 0.3) is 0 Å². The van der Waals surface area contributed by atoms with Gasteiger partial charge >= 0.3 is 5.97 Å². The van der Waals surface area contributed by atoms with Gasteiger partial charge in [-0.15, -0.1) is 0 Å². The van der Waals surface area contributed by atoms with E-state index in [9.17, 15) is 4.79 Å². The van der Waals surface area contributed by atoms with E-state index in [2.05, 4.69) is 6.92 Å². The number of anilines is 1. The molecule has 20 heavy (non-hydrogen) atoms. The second-order valence-electron chi connectivity index (χ2n) is 5.50. The number of nitrogens with two attached hydrogens (primary N) is 1. The number of ether oxygens (including phenoxy) is 1. The van der Waals surface area contributed by atoms with Gasteiger partial charge in [-0.1, -0.05) is 31.0 Å². The zero-order valence-electron chi connectivity index (χ0n) is 11.9. The van der Waals surface area contributed by atoms with E-state index in [0.29, 0.717) is 29.7 Å². The fraction of sp³-hybridized carbons (Fsp3) is 0.562. The molecule has 1 aliphatic rings. The third-order valence-corrected chi connectivity index (χ3v) is 4.13. The minimum Gasteiger partial charge on any atom is -0.466 e. The summed E-state index contributed by atoms with van der Waals surface area (Å²) in [7, 11) is 0. The summed E-state index contributed by atoms with van der Waals surface area (Å²) in [5.74, 6) is 0.682. The predicted octanol–water partition coefficient (Wildman–Crippen LogP) is 4.15. The Labute approximate surface area is 125 Å². The molecule has 2 rings (SSSR count). The van der Waals surface area contributed by atoms with Gasteiger partial charge in [0.25, 0.3) is 0 Å². The van der Waals surface area contributed by atoms with Crippen molar-refractivity contribution in [1.82, 2.24) is 0 Å². The Morgan fingerprint density at radius 3 is 2.85 bits per heavy atom. The van der Waals surface area contributed by atoms with Gasteiger partial charge in [-0.25, -0.2) is 0 Å². The predicted molar refractivity (Wildman–Crippen MR) is 81.8 cm³/mol. The number of halogens is 1. The molecule has 1 saturated carbocycles. The van der Waals surface area contributed by atoms with Gasteiger partial charge in [0.15, 0.2) is 0 Å². The van der Waals surface area contributed by atoms with Gasteiger partial charge in [0, 0.05) is 0 Å². The van der Waals surface area contributed by atoms with Crippen molar-refractivity contribution in [2.24, 2.45) is 5.92 Å². The van der Waals surface area contributed by atoms with E-state index in [1.807, 2.05) is 18.2 Å². The second-order valence-corrected chi connectivity index (χ2v) is 5.91. The highest BCUT2D eigenvalue weighted by atomic mass is 35.5. The quantitative estimate of drug-likeness (QED) is 0.467. The number of unbranched alkanes of at least 4 members (excludes halogenated alkanes) is 1. The Bertz CT molecular complexity index is 472. The van der Waals surface area contributed by atoms with Crippen LogP contribution in [0.15, 0.2) is 18.2 Å². The van der Waals surface area contributed by atoms with E-state index in [0.717, 1.165) is 18.4 Å². The van der Waals surface area contributed by atoms with Crippen LogP contribution < -0.4 is 5.73 Å². The van der Waals surface area contributed by atoms with Crippen molar-refractivity contribution in [1.29, 1.82) is 0 Å². The van der Waals surface area contributed by atoms with E-state index in [4.69, 9.17) is 22.1 Å². The average molecular weight is 296 g/mol. The van der Waals surface area contributed by atoms with Crippen LogP contribution in [-0.4, -0.2) is 12.6 Å². The summed E-state index contributed by atoms with van der Waals surface area (Å²) in [6, 6.07) is 5.68. The lowest BCUT2D eigenvalue weighted by molar-refractivity contribution is -0.144. The van der Waals surface area contributed by atoms with Crippen molar-refractivity contribution in [2.45, 2.75) is 44.9 Å². The number of benzene rings is 1. The number of rotatable bonds is 7. The summed E-state index contributed by atoms with van der Waals surface area (Å²) in [4.78, 5) is 11.9. The average Bonchev–Trinajstić information content (AvgIpc) is 3.24. The summed E-state index contributed by atoms with van der Waals surface area (Å²) >= 11 is 5.95. The Morgan fingerprint density at radius 1 is 1.50 bits per heavy atom. The highest BCUT2D eigenvalue weighted by molar-refractivity contribution is 6.33. The fourth-order valence-corrected chi connectivity index (χ4v) is 2.53. The summed E-state index contributed by atoms with van der Waals surface area (Å²) in [6.45, 7) is 2.60. The van der Waals surface area contributed by atoms with Gasteiger partial charge in [-0.05, 0) is 48.8 Å². The molecule has 0 amide bonds. The first-order valence-electron chi connectivity index (χ1n) is 7.32. The van der Waals surface area contributed by atoms with Crippen molar-refractivity contribution in [3.05, 3.63) is 28.8 Å². The van der Waals surface area contributed by atoms with Crippen molar-refractivity contribution in [3.63, 3.8) is 0 Å². The van der Waals surface area contributed by atoms with Crippen molar-refractivity contribution < 1.29 is 9.53 Å². The molecule has 0 saturated heterocycles. The summed E-state index contributed by atoms with van der Waals surface area (Å²) in [5, 5.41) is 0.564. The first-order chi connectivity index (χ1) is 9.61. The number of nitrogen functional groups attached to an aromatic ring is 1. The topological polar surface area (TPSA) is 52.3 Å². The standard InChI is InChI=1S/C16H22ClNO2/c1-2-3-8-20-16(19)10-13(11-4-5-11)12-6-7-14(17)15(18)9-12/h6-7,9,11,13H,2-5,8,10,18H2,1H3/t13-/m0/s1. The molecular formula is C16H22ClNO2. The van der Waals surface area contributed by atoms with Gasteiger partial charge < -0.3 is 10.5 Å². The monoisotopic (exact) mass is 295 g/mol. The molecule has 1 aromatic carbocycles. The Morgan fingerprint density at radius 2 is 2.25 bits per heavy atom. The first kappa shape index (κ1) is 15.2. The summed E-state index contributed by atoms with van der Waals surface area (Å²) in [5.41, 5.74) is 7.54. The molecular weight excluding hydrogens is 274 g/mol. The van der Waals surface area contributed by atoms with Gasteiger partial charge in [0.1, 0.15) is 0 Å². The molecule has 4 heteroatoms. The van der Waals surface area contributed by atoms with Crippen LogP contribution in [0.2, 0.25) is 5.02 Å². The molecule has 0 aliphatic heterocycles. The van der Waals surface area contributed by atoms with Crippen LogP contribution in [0.3, 0.4) is 0 Å². The van der Waals surface area contributed by atoms with Crippen LogP contribution in [0.1, 0.15) is 50.5 Å². The molecule has 0 bridgehead atoms. The van der Waals surface area contributed by atoms with E-state index < -0.39 is 0 Å². The van der Waals surface area contributed by atoms with Crippen molar-refractivity contribution in [2.75, 3.05) is 12.3 Å². The lowest BCUT2D eigenvalue weighted by Gasteiger charge is -2.17. The molecule has 1 fully saturated rings. The third-order valence-electron chi connectivity index (χ3n) is 3.79. The van der Waals surface area contributed by atoms with Gasteiger partial charge in [-0.3, -0.25) is 4.79 Å². The van der Waals surface area contributed by atoms with E-state index in [-0.39, 0.29) is 11.9 Å². The third kappa shape index (κ3) is 4.14. The largest absolute Gasteiger partial charge is 0.466 e. The number of carbonyl (C=O) groups is 1. The van der Waals surface area contributed by atoms with Crippen LogP contribution in [0.4, 0.5) is 5.69 Å². The van der Waals surface area contributed by atoms with Gasteiger partial charge in [-0.2, -0.15) is 0 Å². The molecule has 1 atom stereocenters. The maximum atomic E-state index is 11.9. The van der Waals surface area contributed by atoms with Crippen molar-refractivity contribution >= 4 is 23.3 Å². The van der Waals surface area contributed by atoms with Crippen molar-refractivity contribution in [3.8, 4) is 0 Å². The SMILES string of the molecule is CCCCOC(=O)C[C@H](c1ccc(Cl)c(N)c1)C1CC1. The molecule has 1 aromatic rings. The first-order valence-corrected chi connectivity index (χ1v) is 7.70. The maximum absolute atomic E-state index is 11.9. The highest BCUT2D eigenvalue weighted by Gasteiger charge is 2.34. The maximum Gasteiger partial charge on any atom is 0.306 e. The fourth-order valence-electron chi connectivity index (χ4n) is 2.42. The second kappa shape index (κ2) is 6.98. The zero-order chi connectivity index (χ0) is 14.5. The van der Waals surface area contributed by atoms with Crippen LogP contribution in [-0.2, 0) is 9.53 Å². The lowest BCUT2D eigenvalue weighted by Crippen LogP contribution is -2.13. The molecule has 0 heterocycles. The van der Waals surface area contributed by atoms with Crippen LogP contribution in [0.5, 0.6) is 0 Å². The minimum absolute atomic E-state index is 0.108. The van der Waals surface area contributed by atoms with Crippen LogP contribution >= 0.6 is 11.6 Å². The molecule has 0 radical (unpaired) electrons. The summed E-state index contributed by atoms with van der Waals surface area (Å²) < 4.78 is 5.27. The number of hydrogen-bond donors (Lipinski definition) is 1. The smallest absolute Gasteiger partial charge is 0.306 e. The lowest BCUT2D eigenvalue weighted by atomic mass is 9.91. The number of hydrogen-bond acceptors (Lipinski definition) is 3. The zero-order valence-corrected chi connectivity index (χ0v) is 12.7. The van der Waals surface area contributed by atoms with Gasteiger partial charge in [0.2, 0.25) is 0 Å². The summed E-state index contributed by atoms with van der Waals surface area (Å²) in [6.07, 6.45) is 4.75. The molecule has 110 valence electrons. The number of carbonyl (C=O) groups excluding carboxylic acids is 1. The molecule has 2 N–H and O–H groups in total. The van der Waals surface area contributed by atoms with Gasteiger partial charge in [0.05, 0.1) is 23.7 Å². The molecule has 0 unspecified atom stereocenters. The van der Waals surface area contributed by atoms with E-state index in [1.165, 1.54) is 12.8 Å². The Balaban J connectivity index is 2.00.